The number of rotatable bonds is 8. The number of ether oxygens (including phenoxy) is 1. The van der Waals surface area contributed by atoms with Crippen LogP contribution >= 0.6 is 11.6 Å². The molecule has 2 N–H and O–H groups in total. The summed E-state index contributed by atoms with van der Waals surface area (Å²) in [4.78, 5) is 38.7. The Labute approximate surface area is 139 Å². The van der Waals surface area contributed by atoms with Crippen LogP contribution in [0, 0.1) is 0 Å². The molecule has 0 aliphatic carbocycles. The molecule has 126 valence electrons. The summed E-state index contributed by atoms with van der Waals surface area (Å²) in [5.41, 5.74) is 0.0942. The van der Waals surface area contributed by atoms with Crippen molar-refractivity contribution in [2.75, 3.05) is 13.2 Å². The highest BCUT2D eigenvalue weighted by molar-refractivity contribution is 6.30. The van der Waals surface area contributed by atoms with Crippen molar-refractivity contribution in [3.05, 3.63) is 29.0 Å². The summed E-state index contributed by atoms with van der Waals surface area (Å²) in [6.07, 6.45) is 3.00. The molecule has 0 radical (unpaired) electrons. The molecule has 0 spiro atoms. The number of halogens is 1. The lowest BCUT2D eigenvalue weighted by Gasteiger charge is -2.14. The maximum atomic E-state index is 11.7. The summed E-state index contributed by atoms with van der Waals surface area (Å²) < 4.78 is 4.79. The molecule has 1 rings (SSSR count). The Morgan fingerprint density at radius 1 is 1.30 bits per heavy atom. The molecule has 0 atom stereocenters. The van der Waals surface area contributed by atoms with E-state index in [0.717, 1.165) is 12.8 Å². The van der Waals surface area contributed by atoms with Crippen molar-refractivity contribution in [3.8, 4) is 0 Å². The zero-order chi connectivity index (χ0) is 17.2. The Balaban J connectivity index is 2.31. The van der Waals surface area contributed by atoms with Gasteiger partial charge in [-0.25, -0.2) is 0 Å². The van der Waals surface area contributed by atoms with Gasteiger partial charge in [0.05, 0.1) is 0 Å². The summed E-state index contributed by atoms with van der Waals surface area (Å²) >= 11 is 5.75. The van der Waals surface area contributed by atoms with Crippen LogP contribution < -0.4 is 10.6 Å². The van der Waals surface area contributed by atoms with Gasteiger partial charge in [-0.15, -0.1) is 0 Å². The molecule has 0 aromatic carbocycles. The van der Waals surface area contributed by atoms with Gasteiger partial charge in [-0.1, -0.05) is 25.4 Å². The van der Waals surface area contributed by atoms with E-state index in [2.05, 4.69) is 15.6 Å². The van der Waals surface area contributed by atoms with E-state index in [4.69, 9.17) is 16.3 Å². The molecule has 0 saturated heterocycles. The van der Waals surface area contributed by atoms with Gasteiger partial charge in [0.25, 0.3) is 11.8 Å². The largest absolute Gasteiger partial charge is 0.454 e. The summed E-state index contributed by atoms with van der Waals surface area (Å²) in [5, 5.41) is 5.45. The van der Waals surface area contributed by atoms with Crippen LogP contribution in [0.2, 0.25) is 5.02 Å². The van der Waals surface area contributed by atoms with E-state index in [1.54, 1.807) is 0 Å². The molecule has 0 unspecified atom stereocenters. The van der Waals surface area contributed by atoms with Gasteiger partial charge in [0.1, 0.15) is 12.2 Å². The molecular formula is C15H20ClN3O4. The zero-order valence-electron chi connectivity index (χ0n) is 13.1. The number of hydrogen-bond donors (Lipinski definition) is 2. The molecule has 8 heteroatoms. The SMILES string of the molecule is CCC(CC)NC(=O)COC(=O)CNC(=O)c1cc(Cl)ccn1. The normalized spacial score (nSPS) is 10.3. The molecule has 2 amide bonds. The fourth-order valence-electron chi connectivity index (χ4n) is 1.73. The van der Waals surface area contributed by atoms with Crippen molar-refractivity contribution in [2.24, 2.45) is 0 Å². The van der Waals surface area contributed by atoms with Gasteiger partial charge < -0.3 is 15.4 Å². The number of hydrogen-bond acceptors (Lipinski definition) is 5. The molecule has 0 aliphatic rings. The average Bonchev–Trinajstić information content (AvgIpc) is 2.55. The minimum atomic E-state index is -0.708. The van der Waals surface area contributed by atoms with E-state index in [1.807, 2.05) is 13.8 Å². The maximum Gasteiger partial charge on any atom is 0.325 e. The molecule has 0 bridgehead atoms. The third-order valence-electron chi connectivity index (χ3n) is 3.06. The maximum absolute atomic E-state index is 11.7. The predicted molar refractivity (Wildman–Crippen MR) is 85.1 cm³/mol. The van der Waals surface area contributed by atoms with Crippen LogP contribution in [-0.4, -0.2) is 42.0 Å². The third-order valence-corrected chi connectivity index (χ3v) is 3.30. The van der Waals surface area contributed by atoms with E-state index in [-0.39, 0.29) is 30.8 Å². The molecule has 0 saturated carbocycles. The Morgan fingerprint density at radius 2 is 2.00 bits per heavy atom. The Bertz CT molecular complexity index is 561. The van der Waals surface area contributed by atoms with Crippen LogP contribution in [0.25, 0.3) is 0 Å². The Morgan fingerprint density at radius 3 is 2.61 bits per heavy atom. The van der Waals surface area contributed by atoms with Crippen molar-refractivity contribution in [2.45, 2.75) is 32.7 Å². The number of esters is 1. The molecule has 0 fully saturated rings. The second kappa shape index (κ2) is 9.78. The minimum absolute atomic E-state index is 0.0646. The summed E-state index contributed by atoms with van der Waals surface area (Å²) in [6, 6.07) is 2.98. The second-order valence-corrected chi connectivity index (χ2v) is 5.22. The van der Waals surface area contributed by atoms with Crippen molar-refractivity contribution in [1.82, 2.24) is 15.6 Å². The first-order valence-electron chi connectivity index (χ1n) is 7.31. The van der Waals surface area contributed by atoms with E-state index >= 15 is 0 Å². The summed E-state index contributed by atoms with van der Waals surface area (Å²) in [6.45, 7) is 3.19. The van der Waals surface area contributed by atoms with Crippen LogP contribution in [0.4, 0.5) is 0 Å². The van der Waals surface area contributed by atoms with Crippen LogP contribution in [0.1, 0.15) is 37.2 Å². The number of carbonyl (C=O) groups excluding carboxylic acids is 3. The standard InChI is InChI=1S/C15H20ClN3O4/c1-3-11(4-2)19-13(20)9-23-14(21)8-18-15(22)12-7-10(16)5-6-17-12/h5-7,11H,3-4,8-9H2,1-2H3,(H,18,22)(H,19,20). The van der Waals surface area contributed by atoms with E-state index in [1.165, 1.54) is 18.3 Å². The molecule has 7 nitrogen and oxygen atoms in total. The molecule has 1 aromatic heterocycles. The van der Waals surface area contributed by atoms with Gasteiger partial charge in [-0.3, -0.25) is 19.4 Å². The van der Waals surface area contributed by atoms with E-state index in [9.17, 15) is 14.4 Å². The quantitative estimate of drug-likeness (QED) is 0.695. The fraction of sp³-hybridized carbons (Fsp3) is 0.467. The van der Waals surface area contributed by atoms with Gasteiger partial charge in [0.15, 0.2) is 6.61 Å². The predicted octanol–water partition coefficient (Wildman–Crippen LogP) is 1.31. The van der Waals surface area contributed by atoms with Crippen molar-refractivity contribution in [1.29, 1.82) is 0 Å². The first kappa shape index (κ1) is 18.9. The van der Waals surface area contributed by atoms with Gasteiger partial charge in [0.2, 0.25) is 0 Å². The van der Waals surface area contributed by atoms with Crippen LogP contribution in [0.15, 0.2) is 18.3 Å². The van der Waals surface area contributed by atoms with Gasteiger partial charge in [0, 0.05) is 17.3 Å². The van der Waals surface area contributed by atoms with Crippen LogP contribution in [-0.2, 0) is 14.3 Å². The number of aromatic nitrogens is 1. The average molecular weight is 342 g/mol. The molecule has 1 aromatic rings. The van der Waals surface area contributed by atoms with Crippen molar-refractivity contribution < 1.29 is 19.1 Å². The number of nitrogens with one attached hydrogen (secondary N) is 2. The van der Waals surface area contributed by atoms with Crippen LogP contribution in [0.3, 0.4) is 0 Å². The monoisotopic (exact) mass is 341 g/mol. The second-order valence-electron chi connectivity index (χ2n) is 4.78. The topological polar surface area (TPSA) is 97.4 Å². The Hall–Kier alpha value is -2.15. The number of carbonyl (C=O) groups is 3. The Kier molecular flexibility index (Phi) is 8.04. The van der Waals surface area contributed by atoms with Gasteiger partial charge in [-0.05, 0) is 25.0 Å². The van der Waals surface area contributed by atoms with E-state index in [0.29, 0.717) is 5.02 Å². The molecule has 0 aliphatic heterocycles. The van der Waals surface area contributed by atoms with E-state index < -0.39 is 11.9 Å². The summed E-state index contributed by atoms with van der Waals surface area (Å²) in [7, 11) is 0. The lowest BCUT2D eigenvalue weighted by molar-refractivity contribution is -0.147. The first-order valence-corrected chi connectivity index (χ1v) is 7.68. The highest BCUT2D eigenvalue weighted by Crippen LogP contribution is 2.07. The van der Waals surface area contributed by atoms with Crippen molar-refractivity contribution in [3.63, 3.8) is 0 Å². The highest BCUT2D eigenvalue weighted by Gasteiger charge is 2.13. The zero-order valence-corrected chi connectivity index (χ0v) is 13.9. The lowest BCUT2D eigenvalue weighted by atomic mass is 10.2. The van der Waals surface area contributed by atoms with Gasteiger partial charge >= 0.3 is 5.97 Å². The van der Waals surface area contributed by atoms with Crippen molar-refractivity contribution >= 4 is 29.4 Å². The fourth-order valence-corrected chi connectivity index (χ4v) is 1.89. The third kappa shape index (κ3) is 7.10. The number of nitrogens with zero attached hydrogens (tertiary/aromatic N) is 1. The smallest absolute Gasteiger partial charge is 0.325 e. The summed E-state index contributed by atoms with van der Waals surface area (Å²) in [5.74, 6) is -1.62. The number of amides is 2. The minimum Gasteiger partial charge on any atom is -0.454 e. The van der Waals surface area contributed by atoms with Crippen LogP contribution in [0.5, 0.6) is 0 Å². The van der Waals surface area contributed by atoms with Gasteiger partial charge in [-0.2, -0.15) is 0 Å². The molecular weight excluding hydrogens is 322 g/mol. The lowest BCUT2D eigenvalue weighted by Crippen LogP contribution is -2.38. The highest BCUT2D eigenvalue weighted by atomic mass is 35.5. The molecule has 23 heavy (non-hydrogen) atoms. The first-order chi connectivity index (χ1) is 11.0. The number of pyridine rings is 1. The molecule has 1 heterocycles.